The van der Waals surface area contributed by atoms with Crippen LogP contribution in [0.25, 0.3) is 10.2 Å². The van der Waals surface area contributed by atoms with Gasteiger partial charge in [-0.25, -0.2) is 0 Å². The topological polar surface area (TPSA) is 74.7 Å². The van der Waals surface area contributed by atoms with E-state index in [1.54, 1.807) is 25.3 Å². The first-order valence-corrected chi connectivity index (χ1v) is 12.1. The molecule has 33 heavy (non-hydrogen) atoms. The number of piperazine rings is 1. The maximum Gasteiger partial charge on any atom is 0.257 e. The number of nitrogens with zero attached hydrogens (tertiary/aromatic N) is 3. The highest BCUT2D eigenvalue weighted by Gasteiger charge is 2.23. The summed E-state index contributed by atoms with van der Waals surface area (Å²) < 4.78 is 2.48. The Morgan fingerprint density at radius 1 is 1.12 bits per heavy atom. The first-order valence-electron chi connectivity index (χ1n) is 10.9. The van der Waals surface area contributed by atoms with Crippen molar-refractivity contribution in [3.05, 3.63) is 67.3 Å². The summed E-state index contributed by atoms with van der Waals surface area (Å²) in [6.07, 6.45) is 1.62. The zero-order valence-corrected chi connectivity index (χ0v) is 20.6. The number of halogens is 1. The number of aromatic nitrogens is 1. The molecule has 0 atom stereocenters. The van der Waals surface area contributed by atoms with E-state index in [0.717, 1.165) is 54.2 Å². The third kappa shape index (κ3) is 4.98. The number of carbonyl (C=O) groups is 2. The molecule has 1 saturated heterocycles. The van der Waals surface area contributed by atoms with Crippen molar-refractivity contribution in [1.82, 2.24) is 19.7 Å². The van der Waals surface area contributed by atoms with Gasteiger partial charge in [-0.3, -0.25) is 19.3 Å². The van der Waals surface area contributed by atoms with E-state index in [1.807, 2.05) is 35.6 Å². The van der Waals surface area contributed by atoms with Gasteiger partial charge in [0.2, 0.25) is 11.3 Å². The van der Waals surface area contributed by atoms with Gasteiger partial charge in [-0.1, -0.05) is 23.7 Å². The molecule has 0 aliphatic carbocycles. The molecule has 9 heteroatoms. The molecule has 1 N–H and O–H groups in total. The molecule has 1 aliphatic heterocycles. The minimum absolute atomic E-state index is 0.109. The lowest BCUT2D eigenvalue weighted by Crippen LogP contribution is -2.47. The van der Waals surface area contributed by atoms with E-state index >= 15 is 0 Å². The monoisotopic (exact) mass is 486 g/mol. The van der Waals surface area contributed by atoms with Crippen LogP contribution in [0, 0.1) is 6.92 Å². The summed E-state index contributed by atoms with van der Waals surface area (Å²) in [6.45, 7) is 7.73. The van der Waals surface area contributed by atoms with Crippen molar-refractivity contribution in [1.29, 1.82) is 0 Å². The van der Waals surface area contributed by atoms with Crippen molar-refractivity contribution in [3.8, 4) is 0 Å². The summed E-state index contributed by atoms with van der Waals surface area (Å²) in [4.78, 5) is 42.9. The molecule has 7 nitrogen and oxygen atoms in total. The Bertz CT molecular complexity index is 1260. The van der Waals surface area contributed by atoms with E-state index in [2.05, 4.69) is 10.2 Å². The SMILES string of the molecule is CC(=O)N1CCN(Cc2sc3c(=O)c(C(=O)NCc4ccc(Cl)cc4)cn(C)c3c2C)CC1. The van der Waals surface area contributed by atoms with Gasteiger partial charge in [0.25, 0.3) is 5.91 Å². The number of amides is 2. The molecular formula is C24H27ClN4O3S. The third-order valence-corrected chi connectivity index (χ3v) is 7.65. The predicted octanol–water partition coefficient (Wildman–Crippen LogP) is 3.16. The highest BCUT2D eigenvalue weighted by Crippen LogP contribution is 2.30. The number of hydrogen-bond acceptors (Lipinski definition) is 5. The number of carbonyl (C=O) groups excluding carboxylic acids is 2. The van der Waals surface area contributed by atoms with Gasteiger partial charge in [0.1, 0.15) is 5.56 Å². The van der Waals surface area contributed by atoms with Crippen LogP contribution in [-0.4, -0.2) is 52.4 Å². The second kappa shape index (κ2) is 9.67. The van der Waals surface area contributed by atoms with Crippen molar-refractivity contribution in [2.75, 3.05) is 26.2 Å². The smallest absolute Gasteiger partial charge is 0.257 e. The maximum absolute atomic E-state index is 13.2. The summed E-state index contributed by atoms with van der Waals surface area (Å²) in [5.74, 6) is -0.280. The molecule has 1 aromatic carbocycles. The summed E-state index contributed by atoms with van der Waals surface area (Å²) in [5.41, 5.74) is 2.75. The maximum atomic E-state index is 13.2. The first kappa shape index (κ1) is 23.5. The summed E-state index contributed by atoms with van der Waals surface area (Å²) >= 11 is 7.37. The van der Waals surface area contributed by atoms with E-state index in [-0.39, 0.29) is 22.8 Å². The second-order valence-electron chi connectivity index (χ2n) is 8.40. The zero-order chi connectivity index (χ0) is 23.7. The van der Waals surface area contributed by atoms with Crippen molar-refractivity contribution in [3.63, 3.8) is 0 Å². The summed E-state index contributed by atoms with van der Waals surface area (Å²) in [5, 5.41) is 3.47. The van der Waals surface area contributed by atoms with Crippen LogP contribution in [0.4, 0.5) is 0 Å². The van der Waals surface area contributed by atoms with Crippen LogP contribution < -0.4 is 10.7 Å². The number of aryl methyl sites for hydroxylation is 2. The van der Waals surface area contributed by atoms with Gasteiger partial charge in [-0.15, -0.1) is 11.3 Å². The number of hydrogen-bond donors (Lipinski definition) is 1. The van der Waals surface area contributed by atoms with Crippen molar-refractivity contribution >= 4 is 45.0 Å². The highest BCUT2D eigenvalue weighted by atomic mass is 35.5. The predicted molar refractivity (Wildman–Crippen MR) is 132 cm³/mol. The fraction of sp³-hybridized carbons (Fsp3) is 0.375. The summed E-state index contributed by atoms with van der Waals surface area (Å²) in [7, 11) is 1.87. The van der Waals surface area contributed by atoms with E-state index in [1.165, 1.54) is 11.3 Å². The van der Waals surface area contributed by atoms with Crippen LogP contribution >= 0.6 is 22.9 Å². The molecule has 1 fully saturated rings. The average Bonchev–Trinajstić information content (AvgIpc) is 3.12. The molecule has 0 radical (unpaired) electrons. The quantitative estimate of drug-likeness (QED) is 0.601. The van der Waals surface area contributed by atoms with Gasteiger partial charge < -0.3 is 14.8 Å². The highest BCUT2D eigenvalue weighted by molar-refractivity contribution is 7.19. The number of rotatable bonds is 5. The number of nitrogens with one attached hydrogen (secondary N) is 1. The normalized spacial score (nSPS) is 14.6. The standard InChI is InChI=1S/C24H27ClN4O3S/c1-15-20(14-28-8-10-29(11-9-28)16(2)30)33-23-21(15)27(3)13-19(22(23)31)24(32)26-12-17-4-6-18(25)7-5-17/h4-7,13H,8-12,14H2,1-3H3,(H,26,32). The van der Waals surface area contributed by atoms with Gasteiger partial charge in [-0.05, 0) is 30.2 Å². The van der Waals surface area contributed by atoms with Crippen molar-refractivity contribution < 1.29 is 9.59 Å². The molecule has 4 rings (SSSR count). The molecule has 2 aromatic heterocycles. The molecule has 3 aromatic rings. The van der Waals surface area contributed by atoms with Gasteiger partial charge in [0, 0.05) is 69.3 Å². The van der Waals surface area contributed by atoms with Gasteiger partial charge >= 0.3 is 0 Å². The minimum Gasteiger partial charge on any atom is -0.349 e. The fourth-order valence-electron chi connectivity index (χ4n) is 4.18. The Kier molecular flexibility index (Phi) is 6.88. The van der Waals surface area contributed by atoms with Crippen LogP contribution in [0.5, 0.6) is 0 Å². The lowest BCUT2D eigenvalue weighted by atomic mass is 10.1. The number of fused-ring (bicyclic) bond motifs is 1. The molecule has 0 saturated carbocycles. The fourth-order valence-corrected chi connectivity index (χ4v) is 5.65. The molecule has 1 aliphatic rings. The first-order chi connectivity index (χ1) is 15.7. The number of benzene rings is 1. The number of thiophene rings is 1. The Labute approximate surface area is 201 Å². The van der Waals surface area contributed by atoms with Crippen molar-refractivity contribution in [2.45, 2.75) is 26.9 Å². The lowest BCUT2D eigenvalue weighted by molar-refractivity contribution is -0.130. The Hall–Kier alpha value is -2.68. The Morgan fingerprint density at radius 2 is 1.79 bits per heavy atom. The zero-order valence-electron chi connectivity index (χ0n) is 19.0. The van der Waals surface area contributed by atoms with Gasteiger partial charge in [-0.2, -0.15) is 0 Å². The lowest BCUT2D eigenvalue weighted by Gasteiger charge is -2.34. The Balaban J connectivity index is 1.54. The molecule has 2 amide bonds. The van der Waals surface area contributed by atoms with Crippen LogP contribution in [0.1, 0.15) is 33.3 Å². The molecule has 0 unspecified atom stereocenters. The molecule has 3 heterocycles. The van der Waals surface area contributed by atoms with Crippen LogP contribution in [0.15, 0.2) is 35.3 Å². The average molecular weight is 487 g/mol. The molecule has 0 spiro atoms. The van der Waals surface area contributed by atoms with Crippen LogP contribution in [-0.2, 0) is 24.9 Å². The summed E-state index contributed by atoms with van der Waals surface area (Å²) in [6, 6.07) is 7.22. The van der Waals surface area contributed by atoms with E-state index in [0.29, 0.717) is 16.3 Å². The van der Waals surface area contributed by atoms with Gasteiger partial charge in [0.15, 0.2) is 0 Å². The minimum atomic E-state index is -0.389. The van der Waals surface area contributed by atoms with Crippen LogP contribution in [0.3, 0.4) is 0 Å². The second-order valence-corrected chi connectivity index (χ2v) is 9.94. The molecular weight excluding hydrogens is 460 g/mol. The molecule has 0 bridgehead atoms. The largest absolute Gasteiger partial charge is 0.349 e. The number of pyridine rings is 1. The van der Waals surface area contributed by atoms with Crippen LogP contribution in [0.2, 0.25) is 5.02 Å². The van der Waals surface area contributed by atoms with Crippen molar-refractivity contribution in [2.24, 2.45) is 7.05 Å². The van der Waals surface area contributed by atoms with E-state index < -0.39 is 0 Å². The third-order valence-electron chi connectivity index (χ3n) is 6.14. The van der Waals surface area contributed by atoms with E-state index in [9.17, 15) is 14.4 Å². The van der Waals surface area contributed by atoms with Gasteiger partial charge in [0.05, 0.1) is 10.2 Å². The van der Waals surface area contributed by atoms with E-state index in [4.69, 9.17) is 11.6 Å². The molecule has 174 valence electrons. The Morgan fingerprint density at radius 3 is 2.42 bits per heavy atom.